The molecule has 3 aromatic rings. The normalized spacial score (nSPS) is 14.2. The average Bonchev–Trinajstić information content (AvgIpc) is 3.80. The molecular weight excluding hydrogens is 494 g/mol. The molecule has 39 heavy (non-hydrogen) atoms. The van der Waals surface area contributed by atoms with Crippen molar-refractivity contribution in [2.75, 3.05) is 64.8 Å². The largest absolute Gasteiger partial charge is 0.467 e. The second-order valence-corrected chi connectivity index (χ2v) is 9.74. The summed E-state index contributed by atoms with van der Waals surface area (Å²) in [5, 5.41) is 7.46. The number of aromatic nitrogens is 2. The molecule has 0 radical (unpaired) electrons. The Kier molecular flexibility index (Phi) is 10.2. The first-order valence-corrected chi connectivity index (χ1v) is 13.4. The molecule has 1 fully saturated rings. The van der Waals surface area contributed by atoms with Crippen molar-refractivity contribution in [3.05, 3.63) is 65.7 Å². The van der Waals surface area contributed by atoms with Gasteiger partial charge in [-0.15, -0.1) is 0 Å². The lowest BCUT2D eigenvalue weighted by molar-refractivity contribution is -0.111. The summed E-state index contributed by atoms with van der Waals surface area (Å²) in [5.41, 5.74) is 3.81. The van der Waals surface area contributed by atoms with Gasteiger partial charge in [-0.2, -0.15) is 9.97 Å². The van der Waals surface area contributed by atoms with Gasteiger partial charge in [-0.1, -0.05) is 36.4 Å². The van der Waals surface area contributed by atoms with Crippen molar-refractivity contribution in [1.29, 1.82) is 0 Å². The van der Waals surface area contributed by atoms with Crippen LogP contribution >= 0.6 is 0 Å². The molecule has 1 saturated carbocycles. The lowest BCUT2D eigenvalue weighted by Gasteiger charge is -2.19. The number of amides is 1. The highest BCUT2D eigenvalue weighted by molar-refractivity contribution is 6.03. The summed E-state index contributed by atoms with van der Waals surface area (Å²) < 4.78 is 15.8. The first-order chi connectivity index (χ1) is 19.0. The Morgan fingerprint density at radius 2 is 1.79 bits per heavy atom. The standard InChI is InChI=1S/C30H39N5O4/c1-21(22-9-6-5-7-10-22)31-29-25-20-26(24(23-12-13-23)19-27(25)33-30(34-29)39-4)32-28(36)11-8-14-35(15-17-37-2)16-18-38-3/h5-11,19-21,23H,12-18H2,1-4H3,(H,32,36)(H,31,33,34). The Balaban J connectivity index is 1.57. The van der Waals surface area contributed by atoms with E-state index in [4.69, 9.17) is 14.2 Å². The van der Waals surface area contributed by atoms with Crippen LogP contribution in [0.25, 0.3) is 10.9 Å². The number of anilines is 2. The minimum atomic E-state index is -0.170. The zero-order valence-electron chi connectivity index (χ0n) is 23.3. The van der Waals surface area contributed by atoms with E-state index in [0.29, 0.717) is 37.5 Å². The highest BCUT2D eigenvalue weighted by Gasteiger charge is 2.28. The van der Waals surface area contributed by atoms with Crippen LogP contribution in [0.2, 0.25) is 0 Å². The lowest BCUT2D eigenvalue weighted by atomic mass is 10.0. The molecule has 1 heterocycles. The van der Waals surface area contributed by atoms with Crippen LogP contribution in [0.3, 0.4) is 0 Å². The molecule has 1 aromatic heterocycles. The summed E-state index contributed by atoms with van der Waals surface area (Å²) in [6, 6.07) is 14.5. The van der Waals surface area contributed by atoms with Gasteiger partial charge in [-0.3, -0.25) is 9.69 Å². The molecule has 4 rings (SSSR count). The summed E-state index contributed by atoms with van der Waals surface area (Å²) in [7, 11) is 4.94. The fraction of sp³-hybridized carbons (Fsp3) is 0.433. The van der Waals surface area contributed by atoms with E-state index in [1.54, 1.807) is 27.4 Å². The Morgan fingerprint density at radius 1 is 1.08 bits per heavy atom. The fourth-order valence-corrected chi connectivity index (χ4v) is 4.46. The zero-order valence-corrected chi connectivity index (χ0v) is 23.3. The molecule has 2 N–H and O–H groups in total. The van der Waals surface area contributed by atoms with Crippen molar-refractivity contribution in [2.24, 2.45) is 0 Å². The molecule has 208 valence electrons. The third-order valence-electron chi connectivity index (χ3n) is 6.81. The van der Waals surface area contributed by atoms with Gasteiger partial charge in [0.15, 0.2) is 0 Å². The van der Waals surface area contributed by atoms with E-state index in [-0.39, 0.29) is 11.9 Å². The number of carbonyl (C=O) groups is 1. The van der Waals surface area contributed by atoms with Crippen molar-refractivity contribution in [3.8, 4) is 6.01 Å². The molecule has 1 aliphatic rings. The first kappa shape index (κ1) is 28.5. The van der Waals surface area contributed by atoms with Crippen LogP contribution in [0.5, 0.6) is 6.01 Å². The van der Waals surface area contributed by atoms with E-state index in [9.17, 15) is 4.79 Å². The summed E-state index contributed by atoms with van der Waals surface area (Å²) in [4.78, 5) is 24.4. The zero-order chi connectivity index (χ0) is 27.6. The Labute approximate surface area is 230 Å². The van der Waals surface area contributed by atoms with Crippen molar-refractivity contribution in [2.45, 2.75) is 31.7 Å². The highest BCUT2D eigenvalue weighted by atomic mass is 16.5. The van der Waals surface area contributed by atoms with Gasteiger partial charge in [-0.25, -0.2) is 0 Å². The Morgan fingerprint density at radius 3 is 2.44 bits per heavy atom. The van der Waals surface area contributed by atoms with Crippen LogP contribution in [0.1, 0.15) is 42.9 Å². The predicted molar refractivity (Wildman–Crippen MR) is 155 cm³/mol. The summed E-state index contributed by atoms with van der Waals surface area (Å²) in [6.45, 7) is 5.50. The maximum absolute atomic E-state index is 13.0. The van der Waals surface area contributed by atoms with Crippen molar-refractivity contribution < 1.29 is 19.0 Å². The minimum absolute atomic E-state index is 0.0113. The second-order valence-electron chi connectivity index (χ2n) is 9.74. The number of benzene rings is 2. The van der Waals surface area contributed by atoms with Gasteiger partial charge in [0.05, 0.1) is 25.8 Å². The highest BCUT2D eigenvalue weighted by Crippen LogP contribution is 2.45. The maximum atomic E-state index is 13.0. The van der Waals surface area contributed by atoms with E-state index in [1.165, 1.54) is 0 Å². The fourth-order valence-electron chi connectivity index (χ4n) is 4.46. The topological polar surface area (TPSA) is 97.8 Å². The molecular formula is C30H39N5O4. The van der Waals surface area contributed by atoms with Crippen LogP contribution in [0.4, 0.5) is 11.5 Å². The number of nitrogens with zero attached hydrogens (tertiary/aromatic N) is 3. The third-order valence-corrected chi connectivity index (χ3v) is 6.81. The number of hydrogen-bond donors (Lipinski definition) is 2. The first-order valence-electron chi connectivity index (χ1n) is 13.4. The molecule has 9 heteroatoms. The summed E-state index contributed by atoms with van der Waals surface area (Å²) in [6.07, 6.45) is 5.66. The van der Waals surface area contributed by atoms with Gasteiger partial charge in [0.25, 0.3) is 0 Å². The number of ether oxygens (including phenoxy) is 3. The number of nitrogens with one attached hydrogen (secondary N) is 2. The molecule has 9 nitrogen and oxygen atoms in total. The summed E-state index contributed by atoms with van der Waals surface area (Å²) in [5.74, 6) is 0.901. The van der Waals surface area contributed by atoms with Gasteiger partial charge >= 0.3 is 6.01 Å². The number of carbonyl (C=O) groups excluding carboxylic acids is 1. The van der Waals surface area contributed by atoms with Gasteiger partial charge in [-0.05, 0) is 48.9 Å². The molecule has 2 aromatic carbocycles. The quantitative estimate of drug-likeness (QED) is 0.270. The Hall–Kier alpha value is -3.53. The van der Waals surface area contributed by atoms with E-state index >= 15 is 0 Å². The molecule has 0 saturated heterocycles. The second kappa shape index (κ2) is 14.0. The van der Waals surface area contributed by atoms with Crippen LogP contribution in [0.15, 0.2) is 54.6 Å². The number of fused-ring (bicyclic) bond motifs is 1. The van der Waals surface area contributed by atoms with E-state index in [2.05, 4.69) is 50.6 Å². The van der Waals surface area contributed by atoms with Gasteiger partial charge in [0, 0.05) is 57.0 Å². The lowest BCUT2D eigenvalue weighted by Crippen LogP contribution is -2.31. The van der Waals surface area contributed by atoms with Crippen LogP contribution in [-0.4, -0.2) is 75.0 Å². The monoisotopic (exact) mass is 533 g/mol. The molecule has 0 aliphatic heterocycles. The van der Waals surface area contributed by atoms with Gasteiger partial charge < -0.3 is 24.8 Å². The minimum Gasteiger partial charge on any atom is -0.467 e. The van der Waals surface area contributed by atoms with E-state index < -0.39 is 0 Å². The van der Waals surface area contributed by atoms with Crippen LogP contribution in [0, 0.1) is 0 Å². The number of hydrogen-bond acceptors (Lipinski definition) is 8. The third kappa shape index (κ3) is 7.98. The van der Waals surface area contributed by atoms with Crippen molar-refractivity contribution in [3.63, 3.8) is 0 Å². The average molecular weight is 534 g/mol. The molecule has 0 spiro atoms. The molecule has 1 atom stereocenters. The molecule has 1 amide bonds. The maximum Gasteiger partial charge on any atom is 0.318 e. The van der Waals surface area contributed by atoms with Gasteiger partial charge in [0.2, 0.25) is 5.91 Å². The predicted octanol–water partition coefficient (Wildman–Crippen LogP) is 4.78. The number of methoxy groups -OCH3 is 3. The van der Waals surface area contributed by atoms with Crippen molar-refractivity contribution >= 4 is 28.3 Å². The molecule has 1 aliphatic carbocycles. The van der Waals surface area contributed by atoms with E-state index in [0.717, 1.165) is 53.6 Å². The molecule has 0 bridgehead atoms. The number of rotatable bonds is 15. The smallest absolute Gasteiger partial charge is 0.318 e. The molecule has 1 unspecified atom stereocenters. The van der Waals surface area contributed by atoms with Crippen LogP contribution in [-0.2, 0) is 14.3 Å². The summed E-state index contributed by atoms with van der Waals surface area (Å²) >= 11 is 0. The van der Waals surface area contributed by atoms with Crippen LogP contribution < -0.4 is 15.4 Å². The Bertz CT molecular complexity index is 1260. The SMILES string of the molecule is COCCN(CC=CC(=O)Nc1cc2c(NC(C)c3ccccc3)nc(OC)nc2cc1C1CC1)CCOC. The van der Waals surface area contributed by atoms with Crippen molar-refractivity contribution in [1.82, 2.24) is 14.9 Å². The van der Waals surface area contributed by atoms with E-state index in [1.807, 2.05) is 30.3 Å². The van der Waals surface area contributed by atoms with Gasteiger partial charge in [0.1, 0.15) is 5.82 Å².